The normalized spacial score (nSPS) is 12.4. The molecule has 0 saturated heterocycles. The highest BCUT2D eigenvalue weighted by Crippen LogP contribution is 2.19. The Labute approximate surface area is 390 Å². The molecule has 17 heteroatoms. The average Bonchev–Trinajstić information content (AvgIpc) is 3.27. The molecule has 0 aliphatic heterocycles. The molecule has 0 aromatic heterocycles. The van der Waals surface area contributed by atoms with Crippen LogP contribution < -0.4 is 21.3 Å². The van der Waals surface area contributed by atoms with Gasteiger partial charge in [-0.1, -0.05) is 61.7 Å². The van der Waals surface area contributed by atoms with Crippen LogP contribution in [-0.4, -0.2) is 87.2 Å². The molecule has 4 unspecified atom stereocenters. The Bertz CT molecular complexity index is 2150. The van der Waals surface area contributed by atoms with Gasteiger partial charge in [0, 0.05) is 33.9 Å². The Morgan fingerprint density at radius 3 is 0.851 bits per heavy atom. The molecule has 0 aliphatic carbocycles. The Balaban J connectivity index is 1.07. The van der Waals surface area contributed by atoms with Gasteiger partial charge in [0.1, 0.15) is 37.6 Å². The molecule has 0 aliphatic rings. The molecule has 4 amide bonds. The smallest absolute Gasteiger partial charge is 0.412 e. The summed E-state index contributed by atoms with van der Waals surface area (Å²) >= 11 is 0. The molecule has 356 valence electrons. The first-order valence-electron chi connectivity index (χ1n) is 21.4. The number of nitrogens with one attached hydrogen (secondary N) is 4. The fraction of sp³-hybridized carbons (Fsp3) is 0.320. The minimum Gasteiger partial charge on any atom is -0.458 e. The van der Waals surface area contributed by atoms with E-state index in [9.17, 15) is 28.8 Å². The number of ether oxygens (including phenoxy) is 7. The summed E-state index contributed by atoms with van der Waals surface area (Å²) < 4.78 is 36.9. The van der Waals surface area contributed by atoms with E-state index >= 15 is 0 Å². The number of amides is 4. The lowest BCUT2D eigenvalue weighted by atomic mass is 10.0. The van der Waals surface area contributed by atoms with Gasteiger partial charge in [0.2, 0.25) is 0 Å². The van der Waals surface area contributed by atoms with Crippen molar-refractivity contribution in [3.05, 3.63) is 144 Å². The molecule has 4 atom stereocenters. The summed E-state index contributed by atoms with van der Waals surface area (Å²) in [5, 5.41) is 10.7. The summed E-state index contributed by atoms with van der Waals surface area (Å²) in [5.41, 5.74) is 6.64. The van der Waals surface area contributed by atoms with Crippen LogP contribution in [0.2, 0.25) is 0 Å². The van der Waals surface area contributed by atoms with Crippen molar-refractivity contribution >= 4 is 59.1 Å². The van der Waals surface area contributed by atoms with E-state index in [1.54, 1.807) is 76.2 Å². The lowest BCUT2D eigenvalue weighted by molar-refractivity contribution is -0.142. The van der Waals surface area contributed by atoms with Crippen LogP contribution in [-0.2, 0) is 55.6 Å². The largest absolute Gasteiger partial charge is 0.458 e. The van der Waals surface area contributed by atoms with Gasteiger partial charge in [-0.3, -0.25) is 21.3 Å². The minimum atomic E-state index is -0.676. The van der Waals surface area contributed by atoms with Gasteiger partial charge in [-0.2, -0.15) is 0 Å². The van der Waals surface area contributed by atoms with Crippen molar-refractivity contribution < 1.29 is 61.9 Å². The van der Waals surface area contributed by atoms with Crippen LogP contribution in [0.5, 0.6) is 0 Å². The first kappa shape index (κ1) is 52.0. The number of hydrogen-bond acceptors (Lipinski definition) is 13. The average molecular weight is 923 g/mol. The van der Waals surface area contributed by atoms with Crippen molar-refractivity contribution in [2.45, 2.75) is 78.8 Å². The third kappa shape index (κ3) is 20.0. The standard InChI is InChI=1S/C50H58N4O13/c1-31(2)45(55)62-29-35(7)66-49(59)53-43-21-13-39(14-22-43)25-37-9-17-41(18-10-37)51-47(57)64-33(5)27-61-28-34(6)65-48(58)52-42-19-11-38(12-20-42)26-40-15-23-44(24-16-40)54-50(60)67-36(8)30-63-46(56)32(3)4/h9-24,33-36H,1,3,25-30H2,2,4-8H3,(H,51,57)(H,52,58)(H,53,59)(H,54,60). The van der Waals surface area contributed by atoms with Gasteiger partial charge < -0.3 is 33.2 Å². The predicted molar refractivity (Wildman–Crippen MR) is 252 cm³/mol. The zero-order chi connectivity index (χ0) is 48.9. The lowest BCUT2D eigenvalue weighted by Gasteiger charge is -2.17. The van der Waals surface area contributed by atoms with E-state index in [2.05, 4.69) is 34.4 Å². The molecule has 4 N–H and O–H groups in total. The second-order valence-electron chi connectivity index (χ2n) is 15.8. The summed E-state index contributed by atoms with van der Waals surface area (Å²) in [6.07, 6.45) is -3.91. The molecule has 0 bridgehead atoms. The molecule has 17 nitrogen and oxygen atoms in total. The van der Waals surface area contributed by atoms with Crippen molar-refractivity contribution in [1.82, 2.24) is 0 Å². The zero-order valence-corrected chi connectivity index (χ0v) is 38.5. The van der Waals surface area contributed by atoms with E-state index in [1.807, 2.05) is 48.5 Å². The van der Waals surface area contributed by atoms with Crippen LogP contribution in [0.3, 0.4) is 0 Å². The Morgan fingerprint density at radius 2 is 0.627 bits per heavy atom. The van der Waals surface area contributed by atoms with Gasteiger partial charge in [0.05, 0.1) is 13.2 Å². The lowest BCUT2D eigenvalue weighted by Crippen LogP contribution is -2.28. The summed E-state index contributed by atoms with van der Waals surface area (Å²) in [6.45, 7) is 16.6. The molecule has 4 aromatic carbocycles. The Morgan fingerprint density at radius 1 is 0.403 bits per heavy atom. The maximum absolute atomic E-state index is 12.5. The monoisotopic (exact) mass is 922 g/mol. The summed E-state index contributed by atoms with van der Waals surface area (Å²) in [7, 11) is 0. The number of anilines is 4. The Kier molecular flexibility index (Phi) is 20.4. The fourth-order valence-electron chi connectivity index (χ4n) is 5.78. The van der Waals surface area contributed by atoms with E-state index in [0.717, 1.165) is 22.3 Å². The number of esters is 2. The molecular formula is C50H58N4O13. The van der Waals surface area contributed by atoms with E-state index in [1.165, 1.54) is 13.8 Å². The maximum Gasteiger partial charge on any atom is 0.412 e. The molecular weight excluding hydrogens is 865 g/mol. The van der Waals surface area contributed by atoms with E-state index < -0.39 is 60.7 Å². The Hall–Kier alpha value is -7.66. The van der Waals surface area contributed by atoms with Crippen LogP contribution in [0.1, 0.15) is 63.8 Å². The van der Waals surface area contributed by atoms with Gasteiger partial charge in [-0.25, -0.2) is 28.8 Å². The van der Waals surface area contributed by atoms with Gasteiger partial charge in [0.25, 0.3) is 0 Å². The van der Waals surface area contributed by atoms with Crippen molar-refractivity contribution in [2.75, 3.05) is 47.7 Å². The van der Waals surface area contributed by atoms with Crippen LogP contribution in [0.25, 0.3) is 0 Å². The van der Waals surface area contributed by atoms with Crippen molar-refractivity contribution in [1.29, 1.82) is 0 Å². The van der Waals surface area contributed by atoms with Crippen molar-refractivity contribution in [3.8, 4) is 0 Å². The van der Waals surface area contributed by atoms with E-state index in [-0.39, 0.29) is 37.6 Å². The topological polar surface area (TPSA) is 215 Å². The van der Waals surface area contributed by atoms with E-state index in [0.29, 0.717) is 35.6 Å². The highest BCUT2D eigenvalue weighted by Gasteiger charge is 2.16. The van der Waals surface area contributed by atoms with Crippen molar-refractivity contribution in [3.63, 3.8) is 0 Å². The quantitative estimate of drug-likeness (QED) is 0.0329. The molecule has 0 fully saturated rings. The summed E-state index contributed by atoms with van der Waals surface area (Å²) in [5.74, 6) is -1.11. The van der Waals surface area contributed by atoms with Crippen molar-refractivity contribution in [2.24, 2.45) is 0 Å². The van der Waals surface area contributed by atoms with Gasteiger partial charge in [-0.15, -0.1) is 0 Å². The van der Waals surface area contributed by atoms with Crippen LogP contribution in [0.4, 0.5) is 41.9 Å². The number of hydrogen-bond donors (Lipinski definition) is 4. The first-order chi connectivity index (χ1) is 31.9. The highest BCUT2D eigenvalue weighted by molar-refractivity contribution is 5.88. The third-order valence-electron chi connectivity index (χ3n) is 9.15. The number of carbonyl (C=O) groups excluding carboxylic acids is 6. The zero-order valence-electron chi connectivity index (χ0n) is 38.5. The molecule has 4 aromatic rings. The second-order valence-corrected chi connectivity index (χ2v) is 15.8. The van der Waals surface area contributed by atoms with E-state index in [4.69, 9.17) is 33.2 Å². The highest BCUT2D eigenvalue weighted by atomic mass is 16.6. The number of benzene rings is 4. The van der Waals surface area contributed by atoms with Crippen LogP contribution in [0, 0.1) is 0 Å². The van der Waals surface area contributed by atoms with Gasteiger partial charge in [0.15, 0.2) is 0 Å². The molecule has 0 radical (unpaired) electrons. The first-order valence-corrected chi connectivity index (χ1v) is 21.4. The minimum absolute atomic E-state index is 0.0755. The van der Waals surface area contributed by atoms with Crippen LogP contribution >= 0.6 is 0 Å². The molecule has 67 heavy (non-hydrogen) atoms. The van der Waals surface area contributed by atoms with Gasteiger partial charge >= 0.3 is 36.3 Å². The molecule has 0 spiro atoms. The molecule has 4 rings (SSSR count). The molecule has 0 heterocycles. The third-order valence-corrected chi connectivity index (χ3v) is 9.15. The molecule has 0 saturated carbocycles. The maximum atomic E-state index is 12.5. The summed E-state index contributed by atoms with van der Waals surface area (Å²) in [4.78, 5) is 72.6. The SMILES string of the molecule is C=C(C)C(=O)OCC(C)OC(=O)Nc1ccc(Cc2ccc(NC(=O)OC(C)COCC(C)OC(=O)Nc3ccc(Cc4ccc(NC(=O)OC(C)COC(=O)C(=C)C)cc4)cc3)cc2)cc1. The van der Waals surface area contributed by atoms with Gasteiger partial charge in [-0.05, 0) is 125 Å². The second kappa shape index (κ2) is 26.3. The fourth-order valence-corrected chi connectivity index (χ4v) is 5.78. The summed E-state index contributed by atoms with van der Waals surface area (Å²) in [6, 6.07) is 29.1. The number of carbonyl (C=O) groups is 6. The number of rotatable bonds is 22. The van der Waals surface area contributed by atoms with Crippen LogP contribution in [0.15, 0.2) is 121 Å². The predicted octanol–water partition coefficient (Wildman–Crippen LogP) is 9.57.